The van der Waals surface area contributed by atoms with Gasteiger partial charge in [-0.05, 0) is 35.6 Å². The van der Waals surface area contributed by atoms with Crippen molar-refractivity contribution in [2.75, 3.05) is 14.2 Å². The third kappa shape index (κ3) is 7.62. The van der Waals surface area contributed by atoms with Crippen molar-refractivity contribution in [2.24, 2.45) is 5.92 Å². The number of methoxy groups -OCH3 is 2. The third-order valence-corrected chi connectivity index (χ3v) is 8.26. The highest BCUT2D eigenvalue weighted by molar-refractivity contribution is 8.23. The van der Waals surface area contributed by atoms with Gasteiger partial charge in [0.1, 0.15) is 22.5 Å². The van der Waals surface area contributed by atoms with Crippen LogP contribution in [0.5, 0.6) is 0 Å². The van der Waals surface area contributed by atoms with Gasteiger partial charge < -0.3 is 19.5 Å². The van der Waals surface area contributed by atoms with Crippen LogP contribution in [0, 0.1) is 5.92 Å². The molecule has 3 rings (SSSR count). The molecule has 2 aromatic carbocycles. The predicted octanol–water partition coefficient (Wildman–Crippen LogP) is 4.61. The molecule has 1 amide bonds. The van der Waals surface area contributed by atoms with Gasteiger partial charge in [-0.3, -0.25) is 4.79 Å². The van der Waals surface area contributed by atoms with E-state index in [0.29, 0.717) is 12.0 Å². The molecule has 0 aromatic heterocycles. The molecule has 0 spiro atoms. The number of thioether (sulfide) groups is 2. The summed E-state index contributed by atoms with van der Waals surface area (Å²) in [6, 6.07) is 15.3. The van der Waals surface area contributed by atoms with Gasteiger partial charge >= 0.3 is 17.9 Å². The molecule has 1 N–H and O–H groups in total. The number of amides is 1. The maximum atomic E-state index is 12.9. The van der Waals surface area contributed by atoms with Crippen molar-refractivity contribution in [3.8, 4) is 0 Å². The number of esters is 3. The van der Waals surface area contributed by atoms with Crippen LogP contribution in [0.2, 0.25) is 0 Å². The van der Waals surface area contributed by atoms with E-state index in [9.17, 15) is 19.2 Å². The summed E-state index contributed by atoms with van der Waals surface area (Å²) in [7, 11) is 2.50. The highest BCUT2D eigenvalue weighted by Gasteiger charge is 2.36. The van der Waals surface area contributed by atoms with E-state index in [1.54, 1.807) is 24.3 Å². The van der Waals surface area contributed by atoms with Gasteiger partial charge in [0, 0.05) is 5.56 Å². The van der Waals surface area contributed by atoms with Crippen LogP contribution in [0.1, 0.15) is 46.3 Å². The minimum Gasteiger partial charge on any atom is -0.465 e. The van der Waals surface area contributed by atoms with Gasteiger partial charge in [-0.15, -0.1) is 0 Å². The van der Waals surface area contributed by atoms with E-state index >= 15 is 0 Å². The van der Waals surface area contributed by atoms with Crippen molar-refractivity contribution in [1.29, 1.82) is 0 Å². The third-order valence-electron chi connectivity index (χ3n) is 5.36. The SMILES string of the molecule is COC(=O)C1=C(C(=O)OC)SC(c2ccc(C(=O)N[C@@H](CC(C)C)C(=O)OCc3ccccc3)cc2)S1. The fourth-order valence-electron chi connectivity index (χ4n) is 3.50. The number of rotatable bonds is 10. The average Bonchev–Trinajstić information content (AvgIpc) is 3.36. The van der Waals surface area contributed by atoms with Crippen LogP contribution in [0.25, 0.3) is 0 Å². The minimum atomic E-state index is -0.786. The quantitative estimate of drug-likeness (QED) is 0.339. The van der Waals surface area contributed by atoms with Gasteiger partial charge in [0.15, 0.2) is 0 Å². The minimum absolute atomic E-state index is 0.130. The lowest BCUT2D eigenvalue weighted by Crippen LogP contribution is -2.42. The summed E-state index contributed by atoms with van der Waals surface area (Å²) >= 11 is 2.39. The highest BCUT2D eigenvalue weighted by Crippen LogP contribution is 2.55. The lowest BCUT2D eigenvalue weighted by Gasteiger charge is -2.20. The topological polar surface area (TPSA) is 108 Å². The van der Waals surface area contributed by atoms with Crippen LogP contribution in [0.4, 0.5) is 0 Å². The molecule has 8 nitrogen and oxygen atoms in total. The van der Waals surface area contributed by atoms with Crippen LogP contribution in [-0.2, 0) is 35.2 Å². The molecule has 0 saturated carbocycles. The fourth-order valence-corrected chi connectivity index (χ4v) is 6.31. The van der Waals surface area contributed by atoms with Crippen molar-refractivity contribution in [3.63, 3.8) is 0 Å². The summed E-state index contributed by atoms with van der Waals surface area (Å²) in [4.78, 5) is 50.3. The first-order valence-corrected chi connectivity index (χ1v) is 13.3. The summed E-state index contributed by atoms with van der Waals surface area (Å²) in [6.07, 6.45) is 0.436. The van der Waals surface area contributed by atoms with E-state index in [1.165, 1.54) is 37.7 Å². The van der Waals surface area contributed by atoms with Crippen molar-refractivity contribution >= 4 is 47.3 Å². The number of hydrogen-bond donors (Lipinski definition) is 1. The van der Waals surface area contributed by atoms with Crippen molar-refractivity contribution in [2.45, 2.75) is 37.5 Å². The first kappa shape index (κ1) is 28.3. The van der Waals surface area contributed by atoms with E-state index in [4.69, 9.17) is 14.2 Å². The smallest absolute Gasteiger partial charge is 0.345 e. The second-order valence-corrected chi connectivity index (χ2v) is 11.1. The Morgan fingerprint density at radius 1 is 0.865 bits per heavy atom. The van der Waals surface area contributed by atoms with Gasteiger partial charge in [0.2, 0.25) is 0 Å². The van der Waals surface area contributed by atoms with Crippen LogP contribution < -0.4 is 5.32 Å². The van der Waals surface area contributed by atoms with Gasteiger partial charge in [-0.2, -0.15) is 0 Å². The zero-order valence-corrected chi connectivity index (χ0v) is 22.6. The Labute approximate surface area is 224 Å². The number of benzene rings is 2. The molecule has 2 aromatic rings. The molecule has 0 aliphatic carbocycles. The van der Waals surface area contributed by atoms with Crippen molar-refractivity contribution < 1.29 is 33.4 Å². The molecule has 37 heavy (non-hydrogen) atoms. The first-order chi connectivity index (χ1) is 17.7. The molecule has 196 valence electrons. The van der Waals surface area contributed by atoms with E-state index in [2.05, 4.69) is 5.32 Å². The molecule has 0 fully saturated rings. The molecular weight excluding hydrogens is 514 g/mol. The van der Waals surface area contributed by atoms with Crippen LogP contribution in [0.3, 0.4) is 0 Å². The Morgan fingerprint density at radius 2 is 1.43 bits per heavy atom. The van der Waals surface area contributed by atoms with Gasteiger partial charge in [0.05, 0.1) is 18.8 Å². The van der Waals surface area contributed by atoms with E-state index in [-0.39, 0.29) is 26.9 Å². The normalized spacial score (nSPS) is 14.3. The second-order valence-electron chi connectivity index (χ2n) is 8.58. The molecule has 0 bridgehead atoms. The fraction of sp³-hybridized carbons (Fsp3) is 0.333. The zero-order chi connectivity index (χ0) is 26.9. The number of nitrogens with one attached hydrogen (secondary N) is 1. The Bertz CT molecular complexity index is 1140. The number of carbonyl (C=O) groups excluding carboxylic acids is 4. The summed E-state index contributed by atoms with van der Waals surface area (Å²) in [5, 5.41) is 2.79. The van der Waals surface area contributed by atoms with Gasteiger partial charge in [0.25, 0.3) is 5.91 Å². The van der Waals surface area contributed by atoms with Crippen molar-refractivity contribution in [3.05, 3.63) is 81.1 Å². The lowest BCUT2D eigenvalue weighted by molar-refractivity contribution is -0.147. The maximum Gasteiger partial charge on any atom is 0.345 e. The molecule has 0 saturated heterocycles. The molecule has 1 atom stereocenters. The maximum absolute atomic E-state index is 12.9. The Balaban J connectivity index is 1.66. The average molecular weight is 544 g/mol. The summed E-state index contributed by atoms with van der Waals surface area (Å²) in [5.41, 5.74) is 2.03. The number of carbonyl (C=O) groups is 4. The second kappa shape index (κ2) is 13.3. The van der Waals surface area contributed by atoms with Gasteiger partial charge in [-0.1, -0.05) is 79.8 Å². The molecule has 0 unspecified atom stereocenters. The molecule has 1 heterocycles. The zero-order valence-electron chi connectivity index (χ0n) is 21.0. The summed E-state index contributed by atoms with van der Waals surface area (Å²) in [6.45, 7) is 4.06. The van der Waals surface area contributed by atoms with Crippen LogP contribution in [0.15, 0.2) is 64.4 Å². The number of hydrogen-bond acceptors (Lipinski definition) is 9. The summed E-state index contributed by atoms with van der Waals surface area (Å²) < 4.78 is 14.7. The Kier molecular flexibility index (Phi) is 10.2. The predicted molar refractivity (Wildman–Crippen MR) is 142 cm³/mol. The Morgan fingerprint density at radius 3 is 1.95 bits per heavy atom. The first-order valence-electron chi connectivity index (χ1n) is 11.6. The monoisotopic (exact) mass is 543 g/mol. The van der Waals surface area contributed by atoms with E-state index in [1.807, 2.05) is 44.2 Å². The molecule has 1 aliphatic rings. The molecule has 1 aliphatic heterocycles. The van der Waals surface area contributed by atoms with E-state index < -0.39 is 29.9 Å². The van der Waals surface area contributed by atoms with E-state index in [0.717, 1.165) is 11.1 Å². The summed E-state index contributed by atoms with van der Waals surface area (Å²) in [5.74, 6) is -1.94. The Hall–Kier alpha value is -3.24. The lowest BCUT2D eigenvalue weighted by atomic mass is 10.0. The standard InChI is InChI=1S/C27H29NO7S2/c1-16(2)14-20(24(30)35-15-17-8-6-5-7-9-17)28-23(29)18-10-12-19(13-11-18)27-36-21(25(31)33-3)22(37-27)26(32)34-4/h5-13,16,20,27H,14-15H2,1-4H3,(H,28,29)/t20-/m0/s1. The van der Waals surface area contributed by atoms with Crippen molar-refractivity contribution in [1.82, 2.24) is 5.32 Å². The van der Waals surface area contributed by atoms with Crippen LogP contribution in [-0.4, -0.2) is 44.1 Å². The molecular formula is C27H29NO7S2. The highest BCUT2D eigenvalue weighted by atomic mass is 32.2. The molecule has 10 heteroatoms. The number of ether oxygens (including phenoxy) is 3. The molecule has 0 radical (unpaired) electrons. The van der Waals surface area contributed by atoms with Gasteiger partial charge in [-0.25, -0.2) is 14.4 Å². The van der Waals surface area contributed by atoms with Crippen LogP contribution >= 0.6 is 23.5 Å². The largest absolute Gasteiger partial charge is 0.465 e.